The molecule has 0 fully saturated rings. The van der Waals surface area contributed by atoms with E-state index in [1.165, 1.54) is 0 Å². The van der Waals surface area contributed by atoms with E-state index in [0.717, 1.165) is 19.4 Å². The Morgan fingerprint density at radius 3 is 2.56 bits per heavy atom. The molecule has 0 bridgehead atoms. The van der Waals surface area contributed by atoms with Crippen molar-refractivity contribution in [3.05, 3.63) is 0 Å². The molecule has 0 aromatic rings. The molecule has 53 valence electrons. The van der Waals surface area contributed by atoms with Gasteiger partial charge in [0.1, 0.15) is 0 Å². The number of nitrogens with one attached hydrogen (secondary N) is 1. The van der Waals surface area contributed by atoms with Crippen molar-refractivity contribution >= 4 is 6.29 Å². The molecular formula is C7H14NO. The molecule has 0 heterocycles. The molecule has 9 heavy (non-hydrogen) atoms. The highest BCUT2D eigenvalue weighted by Crippen LogP contribution is 1.84. The first-order valence-corrected chi connectivity index (χ1v) is 3.46. The first-order valence-electron chi connectivity index (χ1n) is 3.46. The van der Waals surface area contributed by atoms with Crippen molar-refractivity contribution in [1.29, 1.82) is 0 Å². The molecule has 0 saturated heterocycles. The van der Waals surface area contributed by atoms with Crippen LogP contribution in [0.4, 0.5) is 0 Å². The van der Waals surface area contributed by atoms with E-state index in [0.29, 0.717) is 0 Å². The van der Waals surface area contributed by atoms with Gasteiger partial charge >= 0.3 is 0 Å². The molecule has 2 heteroatoms. The van der Waals surface area contributed by atoms with Gasteiger partial charge in [-0.25, -0.2) is 0 Å². The fraction of sp³-hybridized carbons (Fsp3) is 0.857. The molecule has 2 nitrogen and oxygen atoms in total. The Morgan fingerprint density at radius 2 is 2.22 bits per heavy atom. The normalized spacial score (nSPS) is 13.1. The van der Waals surface area contributed by atoms with E-state index in [2.05, 4.69) is 12.2 Å². The zero-order chi connectivity index (χ0) is 7.11. The Balaban J connectivity index is 3.20. The van der Waals surface area contributed by atoms with Gasteiger partial charge in [0.25, 0.3) is 0 Å². The third-order valence-corrected chi connectivity index (χ3v) is 1.19. The summed E-state index contributed by atoms with van der Waals surface area (Å²) in [4.78, 5) is 10.1. The third-order valence-electron chi connectivity index (χ3n) is 1.19. The summed E-state index contributed by atoms with van der Waals surface area (Å²) in [5, 5.41) is 3.05. The summed E-state index contributed by atoms with van der Waals surface area (Å²) in [6.45, 7) is 4.95. The highest BCUT2D eigenvalue weighted by molar-refractivity contribution is 5.58. The minimum Gasteiger partial charge on any atom is -0.307 e. The summed E-state index contributed by atoms with van der Waals surface area (Å²) in [6.07, 6.45) is 3.83. The molecule has 0 rings (SSSR count). The number of rotatable bonds is 5. The SMILES string of the molecule is CCCNC([C]=O)CC. The maximum absolute atomic E-state index is 10.1. The van der Waals surface area contributed by atoms with Crippen LogP contribution in [0.2, 0.25) is 0 Å². The standard InChI is InChI=1S/C7H14NO/c1-3-5-8-7(4-2)6-9/h7-8H,3-5H2,1-2H3. The predicted octanol–water partition coefficient (Wildman–Crippen LogP) is 0.874. The number of carbonyl (C=O) groups excluding carboxylic acids is 1. The van der Waals surface area contributed by atoms with Gasteiger partial charge in [0.2, 0.25) is 6.29 Å². The van der Waals surface area contributed by atoms with Crippen LogP contribution in [0.3, 0.4) is 0 Å². The average molecular weight is 128 g/mol. The average Bonchev–Trinajstić information content (AvgIpc) is 1.91. The van der Waals surface area contributed by atoms with Crippen LogP contribution in [0, 0.1) is 0 Å². The predicted molar refractivity (Wildman–Crippen MR) is 38.1 cm³/mol. The smallest absolute Gasteiger partial charge is 0.216 e. The lowest BCUT2D eigenvalue weighted by molar-refractivity contribution is 0.508. The minimum absolute atomic E-state index is 0.0510. The van der Waals surface area contributed by atoms with Crippen molar-refractivity contribution < 1.29 is 4.79 Å². The Kier molecular flexibility index (Phi) is 5.52. The van der Waals surface area contributed by atoms with Crippen LogP contribution < -0.4 is 5.32 Å². The molecular weight excluding hydrogens is 114 g/mol. The van der Waals surface area contributed by atoms with E-state index >= 15 is 0 Å². The molecule has 0 aliphatic rings. The van der Waals surface area contributed by atoms with E-state index in [4.69, 9.17) is 0 Å². The van der Waals surface area contributed by atoms with Crippen LogP contribution >= 0.6 is 0 Å². The fourth-order valence-electron chi connectivity index (χ4n) is 0.588. The van der Waals surface area contributed by atoms with Crippen molar-refractivity contribution in [3.8, 4) is 0 Å². The molecule has 1 atom stereocenters. The van der Waals surface area contributed by atoms with Gasteiger partial charge < -0.3 is 5.32 Å². The molecule has 0 aromatic carbocycles. The lowest BCUT2D eigenvalue weighted by Crippen LogP contribution is -2.30. The van der Waals surface area contributed by atoms with Crippen LogP contribution in [0.5, 0.6) is 0 Å². The Morgan fingerprint density at radius 1 is 1.56 bits per heavy atom. The summed E-state index contributed by atoms with van der Waals surface area (Å²) < 4.78 is 0. The summed E-state index contributed by atoms with van der Waals surface area (Å²) in [6, 6.07) is -0.0510. The quantitative estimate of drug-likeness (QED) is 0.595. The van der Waals surface area contributed by atoms with Crippen molar-refractivity contribution in [2.75, 3.05) is 6.54 Å². The van der Waals surface area contributed by atoms with Gasteiger partial charge in [0.15, 0.2) is 0 Å². The molecule has 1 unspecified atom stereocenters. The fourth-order valence-corrected chi connectivity index (χ4v) is 0.588. The summed E-state index contributed by atoms with van der Waals surface area (Å²) in [7, 11) is 0. The van der Waals surface area contributed by atoms with Gasteiger partial charge in [-0.1, -0.05) is 13.8 Å². The van der Waals surface area contributed by atoms with Crippen molar-refractivity contribution in [2.24, 2.45) is 0 Å². The zero-order valence-electron chi connectivity index (χ0n) is 6.11. The summed E-state index contributed by atoms with van der Waals surface area (Å²) >= 11 is 0. The minimum atomic E-state index is -0.0510. The van der Waals surface area contributed by atoms with Crippen LogP contribution in [0.1, 0.15) is 26.7 Å². The third kappa shape index (κ3) is 4.15. The Labute approximate surface area is 56.6 Å². The van der Waals surface area contributed by atoms with E-state index in [-0.39, 0.29) is 6.04 Å². The van der Waals surface area contributed by atoms with E-state index in [1.807, 2.05) is 13.2 Å². The lowest BCUT2D eigenvalue weighted by Gasteiger charge is -2.06. The van der Waals surface area contributed by atoms with Gasteiger partial charge in [-0.2, -0.15) is 0 Å². The molecule has 0 spiro atoms. The van der Waals surface area contributed by atoms with E-state index < -0.39 is 0 Å². The monoisotopic (exact) mass is 128 g/mol. The molecule has 0 saturated carbocycles. The molecule has 0 aromatic heterocycles. The second-order valence-corrected chi connectivity index (χ2v) is 2.03. The molecule has 0 aliphatic carbocycles. The molecule has 0 amide bonds. The maximum atomic E-state index is 10.1. The van der Waals surface area contributed by atoms with Crippen molar-refractivity contribution in [1.82, 2.24) is 5.32 Å². The lowest BCUT2D eigenvalue weighted by atomic mass is 10.2. The summed E-state index contributed by atoms with van der Waals surface area (Å²) in [5.74, 6) is 0. The van der Waals surface area contributed by atoms with Gasteiger partial charge in [0.05, 0.1) is 6.04 Å². The molecule has 1 radical (unpaired) electrons. The van der Waals surface area contributed by atoms with Crippen molar-refractivity contribution in [3.63, 3.8) is 0 Å². The highest BCUT2D eigenvalue weighted by atomic mass is 16.1. The zero-order valence-corrected chi connectivity index (χ0v) is 6.11. The van der Waals surface area contributed by atoms with Crippen LogP contribution in [-0.2, 0) is 4.79 Å². The van der Waals surface area contributed by atoms with E-state index in [9.17, 15) is 4.79 Å². The largest absolute Gasteiger partial charge is 0.307 e. The van der Waals surface area contributed by atoms with Crippen LogP contribution in [0.25, 0.3) is 0 Å². The van der Waals surface area contributed by atoms with E-state index in [1.54, 1.807) is 0 Å². The molecule has 0 aliphatic heterocycles. The Bertz CT molecular complexity index is 73.3. The second kappa shape index (κ2) is 5.76. The van der Waals surface area contributed by atoms with Gasteiger partial charge in [0, 0.05) is 0 Å². The first-order chi connectivity index (χ1) is 4.35. The van der Waals surface area contributed by atoms with Gasteiger partial charge in [-0.3, -0.25) is 4.79 Å². The van der Waals surface area contributed by atoms with Crippen LogP contribution in [-0.4, -0.2) is 18.9 Å². The number of hydrogen-bond donors (Lipinski definition) is 1. The number of hydrogen-bond acceptors (Lipinski definition) is 2. The highest BCUT2D eigenvalue weighted by Gasteiger charge is 2.00. The topological polar surface area (TPSA) is 29.1 Å². The summed E-state index contributed by atoms with van der Waals surface area (Å²) in [5.41, 5.74) is 0. The Hall–Kier alpha value is -0.370. The first kappa shape index (κ1) is 8.63. The molecule has 1 N–H and O–H groups in total. The second-order valence-electron chi connectivity index (χ2n) is 2.03. The van der Waals surface area contributed by atoms with Crippen LogP contribution in [0.15, 0.2) is 0 Å². The van der Waals surface area contributed by atoms with Gasteiger partial charge in [-0.15, -0.1) is 0 Å². The van der Waals surface area contributed by atoms with Crippen molar-refractivity contribution in [2.45, 2.75) is 32.7 Å². The van der Waals surface area contributed by atoms with Gasteiger partial charge in [-0.05, 0) is 19.4 Å². The maximum Gasteiger partial charge on any atom is 0.216 e.